The van der Waals surface area contributed by atoms with Crippen LogP contribution in [0.5, 0.6) is 0 Å². The minimum atomic E-state index is -4.86. The Morgan fingerprint density at radius 3 is 2.24 bits per heavy atom. The van der Waals surface area contributed by atoms with Crippen molar-refractivity contribution in [3.05, 3.63) is 34.9 Å². The van der Waals surface area contributed by atoms with Crippen LogP contribution in [0, 0.1) is 6.92 Å². The molecule has 0 aliphatic heterocycles. The van der Waals surface area contributed by atoms with E-state index in [-0.39, 0.29) is 5.56 Å². The summed E-state index contributed by atoms with van der Waals surface area (Å²) < 4.78 is 37.7. The van der Waals surface area contributed by atoms with Gasteiger partial charge in [0.1, 0.15) is 0 Å². The second-order valence-electron chi connectivity index (χ2n) is 3.90. The summed E-state index contributed by atoms with van der Waals surface area (Å²) in [5, 5.41) is 18.2. The molecule has 0 radical (unpaired) electrons. The predicted molar refractivity (Wildman–Crippen MR) is 53.8 cm³/mol. The van der Waals surface area contributed by atoms with Crippen LogP contribution in [0.3, 0.4) is 0 Å². The highest BCUT2D eigenvalue weighted by Gasteiger charge is 2.51. The summed E-state index contributed by atoms with van der Waals surface area (Å²) in [4.78, 5) is 10.8. The number of hydrogen-bond acceptors (Lipinski definition) is 2. The summed E-state index contributed by atoms with van der Waals surface area (Å²) in [7, 11) is 0. The first-order valence-corrected chi connectivity index (χ1v) is 4.71. The van der Waals surface area contributed by atoms with Gasteiger partial charge in [0.25, 0.3) is 0 Å². The lowest BCUT2D eigenvalue weighted by Crippen LogP contribution is -2.39. The van der Waals surface area contributed by atoms with Crippen molar-refractivity contribution < 1.29 is 28.2 Å². The molecule has 1 rings (SSSR count). The molecule has 0 bridgehead atoms. The maximum atomic E-state index is 12.6. The fourth-order valence-corrected chi connectivity index (χ4v) is 1.32. The van der Waals surface area contributed by atoms with Gasteiger partial charge in [-0.2, -0.15) is 13.2 Å². The van der Waals surface area contributed by atoms with Gasteiger partial charge in [-0.05, 0) is 31.0 Å². The van der Waals surface area contributed by atoms with Gasteiger partial charge in [-0.25, -0.2) is 4.79 Å². The molecule has 1 atom stereocenters. The van der Waals surface area contributed by atoms with E-state index in [4.69, 9.17) is 5.11 Å². The predicted octanol–water partition coefficient (Wildman–Crippen LogP) is 2.46. The van der Waals surface area contributed by atoms with Crippen molar-refractivity contribution in [3.8, 4) is 0 Å². The molecule has 0 aliphatic carbocycles. The Morgan fingerprint density at radius 1 is 1.29 bits per heavy atom. The smallest absolute Gasteiger partial charge is 0.421 e. The third-order valence-corrected chi connectivity index (χ3v) is 2.58. The molecule has 1 aromatic carbocycles. The fraction of sp³-hybridized carbons (Fsp3) is 0.364. The van der Waals surface area contributed by atoms with Crippen LogP contribution in [0.25, 0.3) is 0 Å². The van der Waals surface area contributed by atoms with Gasteiger partial charge >= 0.3 is 12.1 Å². The maximum absolute atomic E-state index is 12.6. The van der Waals surface area contributed by atoms with Gasteiger partial charge < -0.3 is 10.2 Å². The molecule has 1 unspecified atom stereocenters. The quantitative estimate of drug-likeness (QED) is 0.845. The lowest BCUT2D eigenvalue weighted by Gasteiger charge is -2.27. The van der Waals surface area contributed by atoms with Crippen LogP contribution in [0.15, 0.2) is 18.2 Å². The molecule has 3 nitrogen and oxygen atoms in total. The van der Waals surface area contributed by atoms with E-state index in [0.717, 1.165) is 12.1 Å². The average Bonchev–Trinajstić information content (AvgIpc) is 2.15. The molecule has 0 saturated carbocycles. The fourth-order valence-electron chi connectivity index (χ4n) is 1.32. The van der Waals surface area contributed by atoms with Crippen LogP contribution in [0.2, 0.25) is 0 Å². The molecule has 1 aromatic rings. The number of alkyl halides is 3. The summed E-state index contributed by atoms with van der Waals surface area (Å²) in [6.45, 7) is 2.05. The molecule has 0 fully saturated rings. The number of halogens is 3. The van der Waals surface area contributed by atoms with Gasteiger partial charge in [-0.1, -0.05) is 12.1 Å². The van der Waals surface area contributed by atoms with E-state index >= 15 is 0 Å². The maximum Gasteiger partial charge on any atom is 0.421 e. The van der Waals surface area contributed by atoms with Gasteiger partial charge in [-0.3, -0.25) is 0 Å². The molecule has 2 N–H and O–H groups in total. The highest BCUT2D eigenvalue weighted by Crippen LogP contribution is 2.38. The monoisotopic (exact) mass is 248 g/mol. The summed E-state index contributed by atoms with van der Waals surface area (Å²) >= 11 is 0. The van der Waals surface area contributed by atoms with Gasteiger partial charge in [0.2, 0.25) is 0 Å². The van der Waals surface area contributed by atoms with E-state index in [1.807, 2.05) is 0 Å². The van der Waals surface area contributed by atoms with Gasteiger partial charge in [0.15, 0.2) is 5.60 Å². The van der Waals surface area contributed by atoms with E-state index in [2.05, 4.69) is 0 Å². The highest BCUT2D eigenvalue weighted by atomic mass is 19.4. The molecular weight excluding hydrogens is 237 g/mol. The minimum Gasteiger partial charge on any atom is -0.478 e. The molecular formula is C11H11F3O3. The SMILES string of the molecule is Cc1ccc(C(C)(O)C(F)(F)F)cc1C(=O)O. The summed E-state index contributed by atoms with van der Waals surface area (Å²) in [6.07, 6.45) is -4.86. The Balaban J connectivity index is 3.35. The molecule has 0 heterocycles. The van der Waals surface area contributed by atoms with Crippen LogP contribution in [-0.2, 0) is 5.60 Å². The lowest BCUT2D eigenvalue weighted by molar-refractivity contribution is -0.258. The molecule has 6 heteroatoms. The Hall–Kier alpha value is -1.56. The number of hydrogen-bond donors (Lipinski definition) is 2. The van der Waals surface area contributed by atoms with E-state index < -0.39 is 23.3 Å². The Morgan fingerprint density at radius 2 is 1.82 bits per heavy atom. The van der Waals surface area contributed by atoms with Crippen molar-refractivity contribution in [2.75, 3.05) is 0 Å². The van der Waals surface area contributed by atoms with Crippen LogP contribution in [0.4, 0.5) is 13.2 Å². The first-order valence-electron chi connectivity index (χ1n) is 4.71. The molecule has 94 valence electrons. The Kier molecular flexibility index (Phi) is 3.20. The van der Waals surface area contributed by atoms with Crippen molar-refractivity contribution in [2.24, 2.45) is 0 Å². The van der Waals surface area contributed by atoms with Crippen LogP contribution in [-0.4, -0.2) is 22.4 Å². The number of carboxylic acids is 1. The van der Waals surface area contributed by atoms with Crippen molar-refractivity contribution >= 4 is 5.97 Å². The van der Waals surface area contributed by atoms with E-state index in [9.17, 15) is 23.1 Å². The standard InChI is InChI=1S/C11H11F3O3/c1-6-3-4-7(5-8(6)9(15)16)10(2,17)11(12,13)14/h3-5,17H,1-2H3,(H,15,16). The molecule has 0 aliphatic rings. The van der Waals surface area contributed by atoms with E-state index in [0.29, 0.717) is 12.5 Å². The van der Waals surface area contributed by atoms with E-state index in [1.165, 1.54) is 13.0 Å². The Labute approximate surface area is 95.5 Å². The summed E-state index contributed by atoms with van der Waals surface area (Å²) in [5.41, 5.74) is -3.48. The number of rotatable bonds is 2. The second kappa shape index (κ2) is 4.03. The van der Waals surface area contributed by atoms with Crippen molar-refractivity contribution in [2.45, 2.75) is 25.6 Å². The minimum absolute atomic E-state index is 0.257. The highest BCUT2D eigenvalue weighted by molar-refractivity contribution is 5.89. The number of carboxylic acid groups (broad SMARTS) is 1. The third-order valence-electron chi connectivity index (χ3n) is 2.58. The number of benzene rings is 1. The number of aryl methyl sites for hydroxylation is 1. The number of aliphatic hydroxyl groups is 1. The molecule has 17 heavy (non-hydrogen) atoms. The zero-order chi connectivity index (χ0) is 13.4. The topological polar surface area (TPSA) is 57.5 Å². The van der Waals surface area contributed by atoms with Crippen LogP contribution in [0.1, 0.15) is 28.4 Å². The van der Waals surface area contributed by atoms with Gasteiger partial charge in [-0.15, -0.1) is 0 Å². The molecule has 0 saturated heterocycles. The Bertz CT molecular complexity index is 450. The van der Waals surface area contributed by atoms with E-state index in [1.54, 1.807) is 0 Å². The van der Waals surface area contributed by atoms with Crippen LogP contribution < -0.4 is 0 Å². The number of aromatic carboxylic acids is 1. The third kappa shape index (κ3) is 2.41. The average molecular weight is 248 g/mol. The van der Waals surface area contributed by atoms with Crippen molar-refractivity contribution in [3.63, 3.8) is 0 Å². The van der Waals surface area contributed by atoms with Gasteiger partial charge in [0, 0.05) is 0 Å². The normalized spacial score (nSPS) is 15.4. The molecule has 0 aromatic heterocycles. The number of carbonyl (C=O) groups is 1. The molecule has 0 amide bonds. The van der Waals surface area contributed by atoms with Crippen molar-refractivity contribution in [1.82, 2.24) is 0 Å². The summed E-state index contributed by atoms with van der Waals surface area (Å²) in [6, 6.07) is 3.14. The first kappa shape index (κ1) is 13.5. The second-order valence-corrected chi connectivity index (χ2v) is 3.90. The van der Waals surface area contributed by atoms with Crippen molar-refractivity contribution in [1.29, 1.82) is 0 Å². The zero-order valence-electron chi connectivity index (χ0n) is 9.17. The van der Waals surface area contributed by atoms with Gasteiger partial charge in [0.05, 0.1) is 5.56 Å². The van der Waals surface area contributed by atoms with Crippen LogP contribution >= 0.6 is 0 Å². The summed E-state index contributed by atoms with van der Waals surface area (Å²) in [5.74, 6) is -1.33. The largest absolute Gasteiger partial charge is 0.478 e. The first-order chi connectivity index (χ1) is 7.57. The molecule has 0 spiro atoms. The lowest BCUT2D eigenvalue weighted by atomic mass is 9.92. The zero-order valence-corrected chi connectivity index (χ0v) is 9.17.